The lowest BCUT2D eigenvalue weighted by Gasteiger charge is -2.19. The zero-order valence-corrected chi connectivity index (χ0v) is 10.4. The van der Waals surface area contributed by atoms with Gasteiger partial charge in [-0.05, 0) is 24.7 Å². The van der Waals surface area contributed by atoms with Crippen LogP contribution in [-0.2, 0) is 9.53 Å². The van der Waals surface area contributed by atoms with E-state index in [0.29, 0.717) is 0 Å². The van der Waals surface area contributed by atoms with Crippen molar-refractivity contribution in [3.63, 3.8) is 0 Å². The second-order valence-corrected chi connectivity index (χ2v) is 4.89. The number of aliphatic hydroxyl groups is 1. The van der Waals surface area contributed by atoms with E-state index in [4.69, 9.17) is 0 Å². The van der Waals surface area contributed by atoms with Gasteiger partial charge in [0.2, 0.25) is 0 Å². The first-order valence-electron chi connectivity index (χ1n) is 6.45. The summed E-state index contributed by atoms with van der Waals surface area (Å²) in [6, 6.07) is 0. The minimum Gasteiger partial charge on any atom is -0.467 e. The van der Waals surface area contributed by atoms with Gasteiger partial charge in [0.1, 0.15) is 0 Å². The van der Waals surface area contributed by atoms with Crippen LogP contribution in [0.1, 0.15) is 51.9 Å². The molecule has 0 aliphatic heterocycles. The summed E-state index contributed by atoms with van der Waals surface area (Å²) >= 11 is 0. The first kappa shape index (κ1) is 13.5. The van der Waals surface area contributed by atoms with E-state index < -0.39 is 12.1 Å². The minimum absolute atomic E-state index is 0.106. The standard InChI is InChI=1S/C13H24O3/c1-3-5-10-6-4-7-11(9-8-10)12(14)13(15)16-2/h10-12,14H,3-9H2,1-2H3. The van der Waals surface area contributed by atoms with Gasteiger partial charge in [0.15, 0.2) is 6.10 Å². The van der Waals surface area contributed by atoms with Crippen LogP contribution >= 0.6 is 0 Å². The predicted molar refractivity (Wildman–Crippen MR) is 63.0 cm³/mol. The molecule has 1 aliphatic carbocycles. The number of hydrogen-bond donors (Lipinski definition) is 1. The van der Waals surface area contributed by atoms with Gasteiger partial charge in [-0.15, -0.1) is 0 Å². The lowest BCUT2D eigenvalue weighted by Crippen LogP contribution is -2.30. The molecular formula is C13H24O3. The van der Waals surface area contributed by atoms with Crippen molar-refractivity contribution in [3.8, 4) is 0 Å². The molecule has 0 spiro atoms. The number of carbonyl (C=O) groups is 1. The van der Waals surface area contributed by atoms with Crippen molar-refractivity contribution < 1.29 is 14.6 Å². The van der Waals surface area contributed by atoms with Crippen molar-refractivity contribution in [2.45, 2.75) is 58.0 Å². The molecule has 0 bridgehead atoms. The lowest BCUT2D eigenvalue weighted by molar-refractivity contribution is -0.153. The fourth-order valence-corrected chi connectivity index (χ4v) is 2.73. The van der Waals surface area contributed by atoms with Crippen LogP contribution in [-0.4, -0.2) is 24.3 Å². The van der Waals surface area contributed by atoms with Gasteiger partial charge in [-0.25, -0.2) is 4.79 Å². The largest absolute Gasteiger partial charge is 0.467 e. The van der Waals surface area contributed by atoms with E-state index in [1.165, 1.54) is 26.4 Å². The molecule has 16 heavy (non-hydrogen) atoms. The number of methoxy groups -OCH3 is 1. The van der Waals surface area contributed by atoms with E-state index in [1.807, 2.05) is 0 Å². The average molecular weight is 228 g/mol. The maximum atomic E-state index is 11.3. The summed E-state index contributed by atoms with van der Waals surface area (Å²) in [5.41, 5.74) is 0. The zero-order chi connectivity index (χ0) is 12.0. The molecule has 0 radical (unpaired) electrons. The van der Waals surface area contributed by atoms with E-state index in [0.717, 1.165) is 31.6 Å². The van der Waals surface area contributed by atoms with Crippen molar-refractivity contribution >= 4 is 5.97 Å². The molecule has 1 N–H and O–H groups in total. The van der Waals surface area contributed by atoms with Gasteiger partial charge >= 0.3 is 5.97 Å². The molecule has 0 aromatic carbocycles. The number of carbonyl (C=O) groups excluding carboxylic acids is 1. The first-order valence-corrected chi connectivity index (χ1v) is 6.45. The Bertz CT molecular complexity index is 215. The Hall–Kier alpha value is -0.570. The molecule has 0 aromatic heterocycles. The van der Waals surface area contributed by atoms with Gasteiger partial charge in [-0.1, -0.05) is 39.0 Å². The molecule has 0 amide bonds. The SMILES string of the molecule is CCCC1CCCC(C(O)C(=O)OC)CC1. The zero-order valence-electron chi connectivity index (χ0n) is 10.4. The molecule has 1 aliphatic rings. The lowest BCUT2D eigenvalue weighted by atomic mass is 9.92. The maximum Gasteiger partial charge on any atom is 0.334 e. The highest BCUT2D eigenvalue weighted by Crippen LogP contribution is 2.31. The Balaban J connectivity index is 2.43. The molecule has 0 heterocycles. The van der Waals surface area contributed by atoms with Gasteiger partial charge in [0.05, 0.1) is 7.11 Å². The molecule has 3 nitrogen and oxygen atoms in total. The summed E-state index contributed by atoms with van der Waals surface area (Å²) < 4.78 is 4.59. The molecule has 94 valence electrons. The second-order valence-electron chi connectivity index (χ2n) is 4.89. The number of esters is 1. The topological polar surface area (TPSA) is 46.5 Å². The van der Waals surface area contributed by atoms with Crippen molar-refractivity contribution in [1.82, 2.24) is 0 Å². The Morgan fingerprint density at radius 1 is 1.38 bits per heavy atom. The van der Waals surface area contributed by atoms with Crippen molar-refractivity contribution in [3.05, 3.63) is 0 Å². The fraction of sp³-hybridized carbons (Fsp3) is 0.923. The number of rotatable bonds is 4. The van der Waals surface area contributed by atoms with E-state index in [1.54, 1.807) is 0 Å². The van der Waals surface area contributed by atoms with Crippen molar-refractivity contribution in [2.75, 3.05) is 7.11 Å². The van der Waals surface area contributed by atoms with Crippen LogP contribution in [0.15, 0.2) is 0 Å². The van der Waals surface area contributed by atoms with Crippen LogP contribution in [0.5, 0.6) is 0 Å². The summed E-state index contributed by atoms with van der Waals surface area (Å²) in [6.07, 6.45) is 7.03. The van der Waals surface area contributed by atoms with E-state index >= 15 is 0 Å². The smallest absolute Gasteiger partial charge is 0.334 e. The van der Waals surface area contributed by atoms with Gasteiger partial charge in [-0.2, -0.15) is 0 Å². The summed E-state index contributed by atoms with van der Waals surface area (Å²) in [6.45, 7) is 2.21. The normalized spacial score (nSPS) is 28.2. The van der Waals surface area contributed by atoms with Gasteiger partial charge in [0.25, 0.3) is 0 Å². The van der Waals surface area contributed by atoms with Crippen molar-refractivity contribution in [2.24, 2.45) is 11.8 Å². The molecule has 1 fully saturated rings. The highest BCUT2D eigenvalue weighted by atomic mass is 16.5. The Labute approximate surface area is 98.2 Å². The number of aliphatic hydroxyl groups excluding tert-OH is 1. The van der Waals surface area contributed by atoms with Crippen LogP contribution in [0.2, 0.25) is 0 Å². The average Bonchev–Trinajstić information content (AvgIpc) is 2.53. The van der Waals surface area contributed by atoms with Crippen LogP contribution < -0.4 is 0 Å². The monoisotopic (exact) mass is 228 g/mol. The third-order valence-electron chi connectivity index (χ3n) is 3.72. The molecule has 1 saturated carbocycles. The van der Waals surface area contributed by atoms with Gasteiger partial charge in [-0.3, -0.25) is 0 Å². The maximum absolute atomic E-state index is 11.3. The Morgan fingerprint density at radius 2 is 2.12 bits per heavy atom. The van der Waals surface area contributed by atoms with E-state index in [9.17, 15) is 9.90 Å². The molecule has 1 rings (SSSR count). The predicted octanol–water partition coefficient (Wildman–Crippen LogP) is 2.52. The second kappa shape index (κ2) is 6.89. The first-order chi connectivity index (χ1) is 7.69. The fourth-order valence-electron chi connectivity index (χ4n) is 2.73. The Kier molecular flexibility index (Phi) is 5.81. The van der Waals surface area contributed by atoms with E-state index in [2.05, 4.69) is 11.7 Å². The molecule has 3 atom stereocenters. The third-order valence-corrected chi connectivity index (χ3v) is 3.72. The molecule has 0 saturated heterocycles. The highest BCUT2D eigenvalue weighted by molar-refractivity contribution is 5.74. The summed E-state index contributed by atoms with van der Waals surface area (Å²) in [5.74, 6) is 0.424. The highest BCUT2D eigenvalue weighted by Gasteiger charge is 2.29. The molecule has 3 heteroatoms. The third kappa shape index (κ3) is 3.78. The van der Waals surface area contributed by atoms with Gasteiger partial charge in [0, 0.05) is 0 Å². The molecule has 0 aromatic rings. The summed E-state index contributed by atoms with van der Waals surface area (Å²) in [7, 11) is 1.34. The quantitative estimate of drug-likeness (QED) is 0.594. The number of ether oxygens (including phenoxy) is 1. The number of hydrogen-bond acceptors (Lipinski definition) is 3. The van der Waals surface area contributed by atoms with Crippen LogP contribution in [0, 0.1) is 11.8 Å². The Morgan fingerprint density at radius 3 is 2.75 bits per heavy atom. The van der Waals surface area contributed by atoms with Crippen LogP contribution in [0.4, 0.5) is 0 Å². The summed E-state index contributed by atoms with van der Waals surface area (Å²) in [4.78, 5) is 11.3. The van der Waals surface area contributed by atoms with Crippen molar-refractivity contribution in [1.29, 1.82) is 0 Å². The minimum atomic E-state index is -0.912. The van der Waals surface area contributed by atoms with Crippen LogP contribution in [0.3, 0.4) is 0 Å². The van der Waals surface area contributed by atoms with Gasteiger partial charge < -0.3 is 9.84 Å². The van der Waals surface area contributed by atoms with E-state index in [-0.39, 0.29) is 5.92 Å². The van der Waals surface area contributed by atoms with Crippen LogP contribution in [0.25, 0.3) is 0 Å². The molecular weight excluding hydrogens is 204 g/mol. The summed E-state index contributed by atoms with van der Waals surface area (Å²) in [5, 5.41) is 9.81. The molecule has 3 unspecified atom stereocenters.